The van der Waals surface area contributed by atoms with Gasteiger partial charge >= 0.3 is 5.97 Å². The zero-order valence-corrected chi connectivity index (χ0v) is 22.9. The number of carbonyl (C=O) groups excluding carboxylic acids is 2. The summed E-state index contributed by atoms with van der Waals surface area (Å²) < 4.78 is 50.5. The van der Waals surface area contributed by atoms with Crippen LogP contribution in [0.15, 0.2) is 60.7 Å². The molecular weight excluding hydrogens is 521 g/mol. The molecule has 0 aliphatic carbocycles. The molecule has 0 unspecified atom stereocenters. The number of nitrogens with one attached hydrogen (secondary N) is 2. The van der Waals surface area contributed by atoms with E-state index in [4.69, 9.17) is 9.47 Å². The first-order valence-electron chi connectivity index (χ1n) is 13.5. The molecule has 0 aromatic heterocycles. The second kappa shape index (κ2) is 15.7. The van der Waals surface area contributed by atoms with Crippen LogP contribution < -0.4 is 19.7 Å². The lowest BCUT2D eigenvalue weighted by molar-refractivity contribution is -0.786. The minimum absolute atomic E-state index is 0.0481. The second-order valence-electron chi connectivity index (χ2n) is 9.81. The largest absolute Gasteiger partial charge is 0.494 e. The van der Waals surface area contributed by atoms with Crippen LogP contribution in [-0.2, 0) is 11.2 Å². The number of rotatable bonds is 15. The van der Waals surface area contributed by atoms with Crippen molar-refractivity contribution in [2.45, 2.75) is 44.9 Å². The highest BCUT2D eigenvalue weighted by molar-refractivity contribution is 5.91. The summed E-state index contributed by atoms with van der Waals surface area (Å²) in [5, 5.41) is 2.99. The van der Waals surface area contributed by atoms with Crippen LogP contribution in [0.2, 0.25) is 0 Å². The van der Waals surface area contributed by atoms with Gasteiger partial charge in [0.05, 0.1) is 32.7 Å². The van der Waals surface area contributed by atoms with Crippen molar-refractivity contribution < 1.29 is 37.1 Å². The highest BCUT2D eigenvalue weighted by Crippen LogP contribution is 2.20. The molecule has 3 aromatic rings. The number of hydrogen-bond acceptors (Lipinski definition) is 4. The van der Waals surface area contributed by atoms with Gasteiger partial charge in [0, 0.05) is 6.54 Å². The molecule has 3 rings (SSSR count). The van der Waals surface area contributed by atoms with Crippen LogP contribution in [0.1, 0.15) is 54.4 Å². The highest BCUT2D eigenvalue weighted by Gasteiger charge is 2.16. The maximum Gasteiger partial charge on any atom is 0.343 e. The van der Waals surface area contributed by atoms with Crippen molar-refractivity contribution in [2.24, 2.45) is 0 Å². The Bertz CT molecular complexity index is 1230. The quantitative estimate of drug-likeness (QED) is 0.117. The summed E-state index contributed by atoms with van der Waals surface area (Å²) in [5.74, 6) is -4.75. The van der Waals surface area contributed by atoms with Crippen LogP contribution in [0.5, 0.6) is 11.5 Å². The molecule has 6 nitrogen and oxygen atoms in total. The van der Waals surface area contributed by atoms with E-state index in [1.165, 1.54) is 22.7 Å². The zero-order chi connectivity index (χ0) is 28.9. The van der Waals surface area contributed by atoms with Crippen LogP contribution in [-0.4, -0.2) is 39.1 Å². The average Bonchev–Trinajstić information content (AvgIpc) is 2.93. The SMILES string of the molecule is C[NH+](C)c1ccc(CC(=O)NCCCCCCCCOc2ccc(OC(=O)c3cc(F)c(F)c(F)c3)cc2)cc1. The predicted octanol–water partition coefficient (Wildman–Crippen LogP) is 5.18. The molecule has 0 saturated heterocycles. The van der Waals surface area contributed by atoms with Crippen molar-refractivity contribution in [1.29, 1.82) is 0 Å². The molecule has 2 N–H and O–H groups in total. The Hall–Kier alpha value is -3.85. The molecule has 0 heterocycles. The molecule has 9 heteroatoms. The monoisotopic (exact) mass is 557 g/mol. The third-order valence-electron chi connectivity index (χ3n) is 6.31. The molecule has 0 aliphatic heterocycles. The van der Waals surface area contributed by atoms with Crippen molar-refractivity contribution in [1.82, 2.24) is 5.32 Å². The Balaban J connectivity index is 1.21. The number of halogens is 3. The van der Waals surface area contributed by atoms with Gasteiger partial charge in [-0.05, 0) is 66.9 Å². The highest BCUT2D eigenvalue weighted by atomic mass is 19.2. The minimum atomic E-state index is -1.64. The Morgan fingerprint density at radius 1 is 0.775 bits per heavy atom. The lowest BCUT2D eigenvalue weighted by atomic mass is 10.1. The Morgan fingerprint density at radius 3 is 1.98 bits per heavy atom. The van der Waals surface area contributed by atoms with Crippen molar-refractivity contribution >= 4 is 17.6 Å². The van der Waals surface area contributed by atoms with Crippen molar-refractivity contribution in [3.63, 3.8) is 0 Å². The summed E-state index contributed by atoms with van der Waals surface area (Å²) in [6.45, 7) is 1.23. The number of benzene rings is 3. The van der Waals surface area contributed by atoms with Gasteiger partial charge in [-0.2, -0.15) is 0 Å². The van der Waals surface area contributed by atoms with E-state index in [0.29, 0.717) is 37.5 Å². The summed E-state index contributed by atoms with van der Waals surface area (Å²) in [4.78, 5) is 25.4. The smallest absolute Gasteiger partial charge is 0.343 e. The second-order valence-corrected chi connectivity index (χ2v) is 9.81. The Labute approximate surface area is 233 Å². The van der Waals surface area contributed by atoms with E-state index >= 15 is 0 Å². The summed E-state index contributed by atoms with van der Waals surface area (Å²) >= 11 is 0. The number of quaternary nitrogens is 1. The average molecular weight is 558 g/mol. The number of carbonyl (C=O) groups is 2. The van der Waals surface area contributed by atoms with Gasteiger partial charge in [-0.15, -0.1) is 0 Å². The van der Waals surface area contributed by atoms with E-state index < -0.39 is 29.0 Å². The fourth-order valence-corrected chi connectivity index (χ4v) is 4.00. The predicted molar refractivity (Wildman–Crippen MR) is 147 cm³/mol. The number of amides is 1. The zero-order valence-electron chi connectivity index (χ0n) is 22.9. The van der Waals surface area contributed by atoms with Gasteiger partial charge in [0.15, 0.2) is 17.5 Å². The van der Waals surface area contributed by atoms with E-state index in [1.807, 2.05) is 24.3 Å². The number of hydrogen-bond donors (Lipinski definition) is 2. The third kappa shape index (κ3) is 10.0. The van der Waals surface area contributed by atoms with E-state index in [-0.39, 0.29) is 11.7 Å². The van der Waals surface area contributed by atoms with E-state index in [0.717, 1.165) is 44.1 Å². The van der Waals surface area contributed by atoms with Gasteiger partial charge in [-0.3, -0.25) is 4.79 Å². The molecule has 0 saturated carbocycles. The fraction of sp³-hybridized carbons (Fsp3) is 0.355. The molecule has 0 radical (unpaired) electrons. The molecule has 3 aromatic carbocycles. The topological polar surface area (TPSA) is 69.1 Å². The maximum atomic E-state index is 13.3. The van der Waals surface area contributed by atoms with Crippen molar-refractivity contribution in [2.75, 3.05) is 27.2 Å². The number of unbranched alkanes of at least 4 members (excludes halogenated alkanes) is 5. The number of esters is 1. The van der Waals surface area contributed by atoms with E-state index in [1.54, 1.807) is 12.1 Å². The molecule has 0 fully saturated rings. The number of ether oxygens (including phenoxy) is 2. The van der Waals surface area contributed by atoms with Crippen LogP contribution in [0.3, 0.4) is 0 Å². The van der Waals surface area contributed by atoms with Crippen molar-refractivity contribution in [3.05, 3.63) is 89.2 Å². The van der Waals surface area contributed by atoms with Crippen molar-refractivity contribution in [3.8, 4) is 11.5 Å². The van der Waals surface area contributed by atoms with Crippen LogP contribution >= 0.6 is 0 Å². The Morgan fingerprint density at radius 2 is 1.35 bits per heavy atom. The summed E-state index contributed by atoms with van der Waals surface area (Å²) in [5.41, 5.74) is 1.78. The normalized spacial score (nSPS) is 10.9. The summed E-state index contributed by atoms with van der Waals surface area (Å²) in [7, 11) is 4.13. The van der Waals surface area contributed by atoms with Crippen LogP contribution in [0.4, 0.5) is 18.9 Å². The lowest BCUT2D eigenvalue weighted by Crippen LogP contribution is -3.00. The van der Waals surface area contributed by atoms with Gasteiger partial charge in [0.25, 0.3) is 0 Å². The molecule has 40 heavy (non-hydrogen) atoms. The van der Waals surface area contributed by atoms with Gasteiger partial charge in [-0.25, -0.2) is 18.0 Å². The van der Waals surface area contributed by atoms with E-state index in [9.17, 15) is 22.8 Å². The van der Waals surface area contributed by atoms with Crippen LogP contribution in [0.25, 0.3) is 0 Å². The maximum absolute atomic E-state index is 13.3. The van der Waals surface area contributed by atoms with Gasteiger partial charge in [0.1, 0.15) is 17.2 Å². The van der Waals surface area contributed by atoms with E-state index in [2.05, 4.69) is 19.4 Å². The first-order chi connectivity index (χ1) is 19.2. The molecule has 214 valence electrons. The minimum Gasteiger partial charge on any atom is -0.494 e. The van der Waals surface area contributed by atoms with Crippen LogP contribution in [0, 0.1) is 17.5 Å². The molecule has 0 bridgehead atoms. The summed E-state index contributed by atoms with van der Waals surface area (Å²) in [6.07, 6.45) is 6.49. The standard InChI is InChI=1S/C31H35F3N2O4/c1-36(2)24-11-9-22(10-12-24)19-29(37)35-17-7-5-3-4-6-8-18-39-25-13-15-26(16-14-25)40-31(38)23-20-27(32)30(34)28(33)21-23/h9-16,20-21H,3-8,17-19H2,1-2H3,(H,35,37)/p+1. The third-order valence-corrected chi connectivity index (χ3v) is 6.31. The molecular formula is C31H36F3N2O4+. The molecule has 1 amide bonds. The lowest BCUT2D eigenvalue weighted by Gasteiger charge is -2.09. The first kappa shape index (κ1) is 30.7. The summed E-state index contributed by atoms with van der Waals surface area (Å²) in [6, 6.07) is 15.5. The van der Waals surface area contributed by atoms with Gasteiger partial charge in [0.2, 0.25) is 5.91 Å². The Kier molecular flexibility index (Phi) is 12.0. The van der Waals surface area contributed by atoms with Gasteiger partial charge < -0.3 is 19.7 Å². The fourth-order valence-electron chi connectivity index (χ4n) is 4.00. The first-order valence-corrected chi connectivity index (χ1v) is 13.5. The van der Waals surface area contributed by atoms with Gasteiger partial charge in [-0.1, -0.05) is 37.8 Å². The molecule has 0 spiro atoms. The molecule has 0 aliphatic rings. The molecule has 0 atom stereocenters.